The van der Waals surface area contributed by atoms with Crippen LogP contribution in [0, 0.1) is 5.92 Å². The highest BCUT2D eigenvalue weighted by molar-refractivity contribution is 6.35. The molecule has 6 nitrogen and oxygen atoms in total. The van der Waals surface area contributed by atoms with Gasteiger partial charge < -0.3 is 20.1 Å². The van der Waals surface area contributed by atoms with Crippen LogP contribution in [0.5, 0.6) is 0 Å². The van der Waals surface area contributed by atoms with Crippen LogP contribution in [0.3, 0.4) is 0 Å². The number of carbonyl (C=O) groups excluding carboxylic acids is 2. The Labute approximate surface area is 165 Å². The SMILES string of the molecule is Cn1cc(C2CCN(C(=O)C(=O)NCC3CCNC34CC4)C2)c2ccccc21. The molecule has 1 aromatic heterocycles. The van der Waals surface area contributed by atoms with Gasteiger partial charge in [-0.05, 0) is 49.8 Å². The Balaban J connectivity index is 1.21. The fraction of sp³-hybridized carbons (Fsp3) is 0.545. The monoisotopic (exact) mass is 380 g/mol. The summed E-state index contributed by atoms with van der Waals surface area (Å²) in [5, 5.41) is 7.72. The van der Waals surface area contributed by atoms with E-state index in [1.165, 1.54) is 29.3 Å². The average molecular weight is 380 g/mol. The van der Waals surface area contributed by atoms with Gasteiger partial charge in [-0.25, -0.2) is 0 Å². The number of fused-ring (bicyclic) bond motifs is 1. The molecule has 2 unspecified atom stereocenters. The normalized spacial score (nSPS) is 25.5. The summed E-state index contributed by atoms with van der Waals surface area (Å²) in [6.45, 7) is 2.90. The molecule has 1 spiro atoms. The van der Waals surface area contributed by atoms with Gasteiger partial charge in [0.05, 0.1) is 0 Å². The van der Waals surface area contributed by atoms with Gasteiger partial charge in [-0.15, -0.1) is 0 Å². The maximum Gasteiger partial charge on any atom is 0.311 e. The van der Waals surface area contributed by atoms with E-state index in [1.54, 1.807) is 4.90 Å². The molecule has 6 heteroatoms. The topological polar surface area (TPSA) is 66.4 Å². The maximum atomic E-state index is 12.7. The number of likely N-dealkylation sites (tertiary alicyclic amines) is 1. The molecule has 2 aromatic rings. The Kier molecular flexibility index (Phi) is 4.19. The second kappa shape index (κ2) is 6.62. The van der Waals surface area contributed by atoms with E-state index in [1.807, 2.05) is 6.07 Å². The van der Waals surface area contributed by atoms with Crippen molar-refractivity contribution in [3.63, 3.8) is 0 Å². The molecule has 3 heterocycles. The molecule has 2 saturated heterocycles. The molecule has 0 radical (unpaired) electrons. The van der Waals surface area contributed by atoms with Crippen molar-refractivity contribution in [1.29, 1.82) is 0 Å². The first-order chi connectivity index (χ1) is 13.6. The van der Waals surface area contributed by atoms with Gasteiger partial charge in [0.15, 0.2) is 0 Å². The van der Waals surface area contributed by atoms with Crippen molar-refractivity contribution in [3.8, 4) is 0 Å². The van der Waals surface area contributed by atoms with Gasteiger partial charge in [0, 0.05) is 55.2 Å². The van der Waals surface area contributed by atoms with Crippen molar-refractivity contribution in [2.75, 3.05) is 26.2 Å². The maximum absolute atomic E-state index is 12.7. The number of nitrogens with zero attached hydrogens (tertiary/aromatic N) is 2. The van der Waals surface area contributed by atoms with E-state index in [0.29, 0.717) is 25.6 Å². The molecule has 2 amide bonds. The molecule has 1 aromatic carbocycles. The van der Waals surface area contributed by atoms with E-state index < -0.39 is 5.91 Å². The molecule has 5 rings (SSSR count). The van der Waals surface area contributed by atoms with E-state index in [9.17, 15) is 9.59 Å². The third-order valence-electron chi connectivity index (χ3n) is 7.09. The van der Waals surface area contributed by atoms with Crippen molar-refractivity contribution in [3.05, 3.63) is 36.0 Å². The van der Waals surface area contributed by atoms with Crippen molar-refractivity contribution in [1.82, 2.24) is 20.1 Å². The highest BCUT2D eigenvalue weighted by Crippen LogP contribution is 2.46. The van der Waals surface area contributed by atoms with Crippen molar-refractivity contribution in [2.24, 2.45) is 13.0 Å². The number of aromatic nitrogens is 1. The second-order valence-electron chi connectivity index (χ2n) is 8.73. The van der Waals surface area contributed by atoms with Crippen LogP contribution in [0.2, 0.25) is 0 Å². The third-order valence-corrected chi connectivity index (χ3v) is 7.09. The van der Waals surface area contributed by atoms with Gasteiger partial charge in [0.2, 0.25) is 0 Å². The molecule has 1 aliphatic carbocycles. The number of amides is 2. The standard InChI is InChI=1S/C22H28N4O2/c1-25-14-18(17-4-2-3-5-19(17)25)15-7-11-26(13-15)21(28)20(27)23-12-16-6-10-24-22(16)8-9-22/h2-5,14-16,24H,6-13H2,1H3,(H,23,27). The number of benzene rings is 1. The molecule has 28 heavy (non-hydrogen) atoms. The number of carbonyl (C=O) groups is 2. The van der Waals surface area contributed by atoms with Crippen molar-refractivity contribution in [2.45, 2.75) is 37.1 Å². The van der Waals surface area contributed by atoms with Gasteiger partial charge >= 0.3 is 11.8 Å². The lowest BCUT2D eigenvalue weighted by Crippen LogP contribution is -2.45. The molecule has 0 bridgehead atoms. The van der Waals surface area contributed by atoms with Crippen LogP contribution in [-0.4, -0.2) is 53.0 Å². The molecule has 148 valence electrons. The number of para-hydroxylation sites is 1. The van der Waals surface area contributed by atoms with Gasteiger partial charge in [0.25, 0.3) is 0 Å². The zero-order valence-corrected chi connectivity index (χ0v) is 16.4. The number of hydrogen-bond donors (Lipinski definition) is 2. The molecule has 3 aliphatic rings. The summed E-state index contributed by atoms with van der Waals surface area (Å²) < 4.78 is 2.14. The molecular formula is C22H28N4O2. The third kappa shape index (κ3) is 2.91. The van der Waals surface area contributed by atoms with Gasteiger partial charge in [-0.1, -0.05) is 18.2 Å². The van der Waals surface area contributed by atoms with Crippen LogP contribution in [-0.2, 0) is 16.6 Å². The summed E-state index contributed by atoms with van der Waals surface area (Å²) in [4.78, 5) is 26.8. The highest BCUT2D eigenvalue weighted by atomic mass is 16.2. The minimum absolute atomic E-state index is 0.253. The summed E-state index contributed by atoms with van der Waals surface area (Å²) in [7, 11) is 2.06. The van der Waals surface area contributed by atoms with E-state index in [4.69, 9.17) is 0 Å². The Morgan fingerprint density at radius 2 is 2.07 bits per heavy atom. The van der Waals surface area contributed by atoms with Crippen LogP contribution < -0.4 is 10.6 Å². The quantitative estimate of drug-likeness (QED) is 0.798. The molecule has 2 atom stereocenters. The number of nitrogens with one attached hydrogen (secondary N) is 2. The van der Waals surface area contributed by atoms with Gasteiger partial charge in [0.1, 0.15) is 0 Å². The first kappa shape index (κ1) is 17.7. The van der Waals surface area contributed by atoms with E-state index in [0.717, 1.165) is 19.4 Å². The average Bonchev–Trinajstić information content (AvgIpc) is 3.05. The van der Waals surface area contributed by atoms with Crippen LogP contribution in [0.1, 0.15) is 37.2 Å². The van der Waals surface area contributed by atoms with Gasteiger partial charge in [-0.3, -0.25) is 9.59 Å². The molecular weight excluding hydrogens is 352 g/mol. The Hall–Kier alpha value is -2.34. The number of aryl methyl sites for hydroxylation is 1. The van der Waals surface area contributed by atoms with Crippen LogP contribution in [0.4, 0.5) is 0 Å². The fourth-order valence-corrected chi connectivity index (χ4v) is 5.27. The fourth-order valence-electron chi connectivity index (χ4n) is 5.27. The van der Waals surface area contributed by atoms with E-state index in [-0.39, 0.29) is 17.4 Å². The zero-order chi connectivity index (χ0) is 19.3. The predicted octanol–water partition coefficient (Wildman–Crippen LogP) is 1.75. The lowest BCUT2D eigenvalue weighted by atomic mass is 9.98. The molecule has 2 N–H and O–H groups in total. The van der Waals surface area contributed by atoms with Gasteiger partial charge in [-0.2, -0.15) is 0 Å². The number of hydrogen-bond acceptors (Lipinski definition) is 3. The van der Waals surface area contributed by atoms with Crippen LogP contribution in [0.25, 0.3) is 10.9 Å². The largest absolute Gasteiger partial charge is 0.350 e. The van der Waals surface area contributed by atoms with Crippen LogP contribution in [0.15, 0.2) is 30.5 Å². The Bertz CT molecular complexity index is 930. The minimum atomic E-state index is -0.443. The Morgan fingerprint density at radius 3 is 2.89 bits per heavy atom. The Morgan fingerprint density at radius 1 is 1.25 bits per heavy atom. The zero-order valence-electron chi connectivity index (χ0n) is 16.4. The van der Waals surface area contributed by atoms with E-state index >= 15 is 0 Å². The second-order valence-corrected chi connectivity index (χ2v) is 8.73. The van der Waals surface area contributed by atoms with Crippen molar-refractivity contribution >= 4 is 22.7 Å². The predicted molar refractivity (Wildman–Crippen MR) is 108 cm³/mol. The lowest BCUT2D eigenvalue weighted by Gasteiger charge is -2.20. The molecule has 2 aliphatic heterocycles. The smallest absolute Gasteiger partial charge is 0.311 e. The first-order valence-electron chi connectivity index (χ1n) is 10.4. The first-order valence-corrected chi connectivity index (χ1v) is 10.4. The summed E-state index contributed by atoms with van der Waals surface area (Å²) in [6, 6.07) is 8.37. The van der Waals surface area contributed by atoms with Crippen LogP contribution >= 0.6 is 0 Å². The minimum Gasteiger partial charge on any atom is -0.350 e. The highest BCUT2D eigenvalue weighted by Gasteiger charge is 2.51. The lowest BCUT2D eigenvalue weighted by molar-refractivity contribution is -0.145. The van der Waals surface area contributed by atoms with E-state index in [2.05, 4.69) is 46.6 Å². The summed E-state index contributed by atoms with van der Waals surface area (Å²) in [6.07, 6.45) is 6.55. The summed E-state index contributed by atoms with van der Waals surface area (Å²) >= 11 is 0. The summed E-state index contributed by atoms with van der Waals surface area (Å²) in [5.74, 6) is -0.0670. The summed E-state index contributed by atoms with van der Waals surface area (Å²) in [5.41, 5.74) is 2.74. The van der Waals surface area contributed by atoms with Crippen molar-refractivity contribution < 1.29 is 9.59 Å². The molecule has 3 fully saturated rings. The number of rotatable bonds is 3. The molecule has 1 saturated carbocycles.